The van der Waals surface area contributed by atoms with E-state index in [0.29, 0.717) is 5.16 Å². The van der Waals surface area contributed by atoms with E-state index in [9.17, 15) is 9.18 Å². The first-order valence-corrected chi connectivity index (χ1v) is 9.85. The third kappa shape index (κ3) is 3.33. The maximum atomic E-state index is 13.7. The van der Waals surface area contributed by atoms with Crippen molar-refractivity contribution in [1.29, 1.82) is 0 Å². The molecule has 142 valence electrons. The minimum absolute atomic E-state index is 0.107. The summed E-state index contributed by atoms with van der Waals surface area (Å²) in [4.78, 5) is 12.3. The molecule has 1 N–H and O–H groups in total. The van der Waals surface area contributed by atoms with Gasteiger partial charge in [-0.3, -0.25) is 9.20 Å². The minimum atomic E-state index is -0.457. The third-order valence-electron chi connectivity index (χ3n) is 4.54. The van der Waals surface area contributed by atoms with Crippen molar-refractivity contribution in [2.75, 3.05) is 11.1 Å². The number of rotatable bonds is 4. The summed E-state index contributed by atoms with van der Waals surface area (Å²) in [7, 11) is 0. The number of para-hydroxylation sites is 1. The van der Waals surface area contributed by atoms with Crippen molar-refractivity contribution in [3.63, 3.8) is 0 Å². The zero-order valence-corrected chi connectivity index (χ0v) is 16.6. The van der Waals surface area contributed by atoms with Gasteiger partial charge in [0.2, 0.25) is 5.91 Å². The molecule has 0 saturated heterocycles. The largest absolute Gasteiger partial charge is 0.323 e. The van der Waals surface area contributed by atoms with Gasteiger partial charge in [0, 0.05) is 0 Å². The quantitative estimate of drug-likeness (QED) is 0.511. The highest BCUT2D eigenvalue weighted by molar-refractivity contribution is 7.99. The molecule has 0 aliphatic heterocycles. The van der Waals surface area contributed by atoms with Crippen molar-refractivity contribution in [2.24, 2.45) is 0 Å². The molecule has 7 heteroatoms. The Morgan fingerprint density at radius 3 is 2.68 bits per heavy atom. The van der Waals surface area contributed by atoms with E-state index in [4.69, 9.17) is 0 Å². The molecule has 0 aliphatic rings. The van der Waals surface area contributed by atoms with Crippen LogP contribution in [0.25, 0.3) is 16.6 Å². The number of aromatic nitrogens is 3. The molecule has 5 nitrogen and oxygen atoms in total. The van der Waals surface area contributed by atoms with E-state index in [2.05, 4.69) is 47.6 Å². The number of nitrogens with one attached hydrogen (secondary N) is 1. The van der Waals surface area contributed by atoms with Crippen LogP contribution in [0.1, 0.15) is 16.7 Å². The molecule has 0 radical (unpaired) electrons. The maximum Gasteiger partial charge on any atom is 0.234 e. The molecular weight excluding hydrogens is 375 g/mol. The topological polar surface area (TPSA) is 59.3 Å². The molecule has 0 spiro atoms. The predicted molar refractivity (Wildman–Crippen MR) is 110 cm³/mol. The van der Waals surface area contributed by atoms with Gasteiger partial charge in [0.25, 0.3) is 0 Å². The SMILES string of the molecule is Cc1cc(C)c2c(c1)cc(C)c1nnc(SCC(=O)Nc3ccccc3F)n12. The van der Waals surface area contributed by atoms with Crippen LogP contribution in [0.4, 0.5) is 10.1 Å². The number of nitrogens with zero attached hydrogens (tertiary/aromatic N) is 3. The highest BCUT2D eigenvalue weighted by Gasteiger charge is 2.16. The Morgan fingerprint density at radius 2 is 1.89 bits per heavy atom. The summed E-state index contributed by atoms with van der Waals surface area (Å²) in [5.41, 5.74) is 5.32. The van der Waals surface area contributed by atoms with E-state index in [-0.39, 0.29) is 17.3 Å². The molecule has 1 amide bonds. The van der Waals surface area contributed by atoms with E-state index < -0.39 is 5.82 Å². The van der Waals surface area contributed by atoms with Crippen LogP contribution in [0.2, 0.25) is 0 Å². The van der Waals surface area contributed by atoms with Gasteiger partial charge in [-0.1, -0.05) is 35.5 Å². The fourth-order valence-corrected chi connectivity index (χ4v) is 4.14. The first kappa shape index (κ1) is 18.4. The molecule has 2 aromatic carbocycles. The Bertz CT molecular complexity index is 1220. The van der Waals surface area contributed by atoms with E-state index >= 15 is 0 Å². The summed E-state index contributed by atoms with van der Waals surface area (Å²) in [6.45, 7) is 6.13. The van der Waals surface area contributed by atoms with Crippen molar-refractivity contribution in [3.05, 3.63) is 65.0 Å². The normalized spacial score (nSPS) is 11.3. The van der Waals surface area contributed by atoms with Crippen LogP contribution in [-0.2, 0) is 4.79 Å². The van der Waals surface area contributed by atoms with Crippen LogP contribution < -0.4 is 5.32 Å². The third-order valence-corrected chi connectivity index (χ3v) is 5.47. The Morgan fingerprint density at radius 1 is 1.11 bits per heavy atom. The highest BCUT2D eigenvalue weighted by atomic mass is 32.2. The Hall–Kier alpha value is -2.93. The van der Waals surface area contributed by atoms with Crippen molar-refractivity contribution >= 4 is 39.9 Å². The summed E-state index contributed by atoms with van der Waals surface area (Å²) >= 11 is 1.28. The number of hydrogen-bond acceptors (Lipinski definition) is 4. The van der Waals surface area contributed by atoms with Gasteiger partial charge in [0.15, 0.2) is 10.8 Å². The van der Waals surface area contributed by atoms with Gasteiger partial charge in [-0.2, -0.15) is 0 Å². The monoisotopic (exact) mass is 394 g/mol. The van der Waals surface area contributed by atoms with Crippen LogP contribution in [0, 0.1) is 26.6 Å². The summed E-state index contributed by atoms with van der Waals surface area (Å²) in [6.07, 6.45) is 0. The average Bonchev–Trinajstić information content (AvgIpc) is 3.06. The molecule has 0 bridgehead atoms. The Kier molecular flexibility index (Phi) is 4.77. The minimum Gasteiger partial charge on any atom is -0.323 e. The van der Waals surface area contributed by atoms with Crippen LogP contribution in [0.5, 0.6) is 0 Å². The lowest BCUT2D eigenvalue weighted by Gasteiger charge is -2.11. The second-order valence-electron chi connectivity index (χ2n) is 6.81. The predicted octanol–water partition coefficient (Wildman–Crippen LogP) is 4.68. The standard InChI is InChI=1S/C21H19FN4OS/c1-12-8-13(2)19-15(9-12)10-14(3)20-24-25-21(26(19)20)28-11-18(27)23-17-7-5-4-6-16(17)22/h4-10H,11H2,1-3H3,(H,23,27). The average molecular weight is 394 g/mol. The van der Waals surface area contributed by atoms with E-state index in [0.717, 1.165) is 27.7 Å². The molecule has 0 fully saturated rings. The van der Waals surface area contributed by atoms with E-state index in [1.807, 2.05) is 11.3 Å². The van der Waals surface area contributed by atoms with Crippen molar-refractivity contribution < 1.29 is 9.18 Å². The van der Waals surface area contributed by atoms with Gasteiger partial charge in [0.1, 0.15) is 5.82 Å². The molecule has 4 aromatic rings. The van der Waals surface area contributed by atoms with Gasteiger partial charge in [0.05, 0.1) is 17.0 Å². The van der Waals surface area contributed by atoms with Crippen LogP contribution >= 0.6 is 11.8 Å². The van der Waals surface area contributed by atoms with Gasteiger partial charge in [-0.15, -0.1) is 10.2 Å². The maximum absolute atomic E-state index is 13.7. The zero-order valence-electron chi connectivity index (χ0n) is 15.8. The number of benzene rings is 2. The number of aryl methyl sites for hydroxylation is 3. The van der Waals surface area contributed by atoms with Crippen molar-refractivity contribution in [3.8, 4) is 0 Å². The van der Waals surface area contributed by atoms with Crippen molar-refractivity contribution in [2.45, 2.75) is 25.9 Å². The number of fused-ring (bicyclic) bond motifs is 3. The number of thioether (sulfide) groups is 1. The van der Waals surface area contributed by atoms with E-state index in [1.54, 1.807) is 12.1 Å². The molecule has 2 aromatic heterocycles. The lowest BCUT2D eigenvalue weighted by atomic mass is 10.1. The Labute approximate surface area is 166 Å². The first-order chi connectivity index (χ1) is 13.4. The number of halogens is 1. The molecule has 0 unspecified atom stereocenters. The smallest absolute Gasteiger partial charge is 0.234 e. The lowest BCUT2D eigenvalue weighted by Crippen LogP contribution is -2.15. The number of carbonyl (C=O) groups is 1. The summed E-state index contributed by atoms with van der Waals surface area (Å²) < 4.78 is 15.7. The summed E-state index contributed by atoms with van der Waals surface area (Å²) in [5.74, 6) is -0.645. The Balaban J connectivity index is 1.66. The van der Waals surface area contributed by atoms with Crippen LogP contribution in [-0.4, -0.2) is 26.3 Å². The molecule has 28 heavy (non-hydrogen) atoms. The number of pyridine rings is 1. The number of amides is 1. The molecule has 0 aliphatic carbocycles. The fraction of sp³-hybridized carbons (Fsp3) is 0.190. The summed E-state index contributed by atoms with van der Waals surface area (Å²) in [5, 5.41) is 12.9. The van der Waals surface area contributed by atoms with Gasteiger partial charge in [-0.25, -0.2) is 4.39 Å². The zero-order chi connectivity index (χ0) is 19.8. The highest BCUT2D eigenvalue weighted by Crippen LogP contribution is 2.28. The first-order valence-electron chi connectivity index (χ1n) is 8.87. The second kappa shape index (κ2) is 7.24. The molecule has 4 rings (SSSR count). The number of hydrogen-bond donors (Lipinski definition) is 1. The van der Waals surface area contributed by atoms with Crippen LogP contribution in [0.15, 0.2) is 47.6 Å². The lowest BCUT2D eigenvalue weighted by molar-refractivity contribution is -0.113. The van der Waals surface area contributed by atoms with Gasteiger partial charge < -0.3 is 5.32 Å². The molecule has 0 saturated carbocycles. The van der Waals surface area contributed by atoms with Gasteiger partial charge >= 0.3 is 0 Å². The number of carbonyl (C=O) groups excluding carboxylic acids is 1. The number of anilines is 1. The summed E-state index contributed by atoms with van der Waals surface area (Å²) in [6, 6.07) is 12.5. The molecule has 0 atom stereocenters. The fourth-order valence-electron chi connectivity index (χ4n) is 3.41. The second-order valence-corrected chi connectivity index (χ2v) is 7.75. The molecular formula is C21H19FN4OS. The van der Waals surface area contributed by atoms with Gasteiger partial charge in [-0.05, 0) is 61.5 Å². The van der Waals surface area contributed by atoms with Crippen LogP contribution in [0.3, 0.4) is 0 Å². The molecule has 2 heterocycles. The van der Waals surface area contributed by atoms with Crippen molar-refractivity contribution in [1.82, 2.24) is 14.6 Å². The van der Waals surface area contributed by atoms with E-state index in [1.165, 1.54) is 29.5 Å².